The SMILES string of the molecule is CC(C)(C)[Si](O[C@@H](CC[C@H]1C(=O)N(c2ccc(F)cc2)[C@@H]1c1ccc(O)cc1)c1ccc(F)cc1)(c1ccccc1)c1ccccc1. The molecule has 0 aliphatic carbocycles. The summed E-state index contributed by atoms with van der Waals surface area (Å²) in [6, 6.07) is 39.7. The minimum absolute atomic E-state index is 0.0574. The average Bonchev–Trinajstić information content (AvgIpc) is 3.07. The number of aromatic hydroxyl groups is 1. The van der Waals surface area contributed by atoms with Crippen molar-refractivity contribution < 1.29 is 23.1 Å². The van der Waals surface area contributed by atoms with Crippen molar-refractivity contribution >= 4 is 30.3 Å². The van der Waals surface area contributed by atoms with Crippen LogP contribution in [0.2, 0.25) is 5.04 Å². The summed E-state index contributed by atoms with van der Waals surface area (Å²) in [5.41, 5.74) is 2.34. The first-order valence-electron chi connectivity index (χ1n) is 16.0. The second-order valence-corrected chi connectivity index (χ2v) is 17.5. The Labute approximate surface area is 276 Å². The zero-order chi connectivity index (χ0) is 33.2. The van der Waals surface area contributed by atoms with E-state index in [1.807, 2.05) is 48.5 Å². The average molecular weight is 648 g/mol. The fraction of sp³-hybridized carbons (Fsp3) is 0.225. The molecule has 3 atom stereocenters. The van der Waals surface area contributed by atoms with Crippen LogP contribution in [0.15, 0.2) is 133 Å². The maximum Gasteiger partial charge on any atom is 0.261 e. The lowest BCUT2D eigenvalue weighted by Crippen LogP contribution is -2.67. The molecule has 6 rings (SSSR count). The van der Waals surface area contributed by atoms with Gasteiger partial charge in [-0.25, -0.2) is 8.78 Å². The molecule has 0 spiro atoms. The van der Waals surface area contributed by atoms with Crippen LogP contribution in [0, 0.1) is 17.6 Å². The second kappa shape index (κ2) is 13.3. The Hall–Kier alpha value is -4.59. The van der Waals surface area contributed by atoms with Gasteiger partial charge in [0.15, 0.2) is 0 Å². The van der Waals surface area contributed by atoms with Crippen molar-refractivity contribution in [3.8, 4) is 5.75 Å². The summed E-state index contributed by atoms with van der Waals surface area (Å²) in [6.07, 6.45) is 0.579. The quantitative estimate of drug-likeness (QED) is 0.122. The van der Waals surface area contributed by atoms with Crippen LogP contribution in [0.5, 0.6) is 5.75 Å². The molecule has 5 aromatic rings. The van der Waals surface area contributed by atoms with Gasteiger partial charge in [-0.3, -0.25) is 4.79 Å². The molecule has 1 saturated heterocycles. The van der Waals surface area contributed by atoms with Crippen LogP contribution in [0.1, 0.15) is 56.9 Å². The molecule has 240 valence electrons. The minimum atomic E-state index is -3.00. The zero-order valence-corrected chi connectivity index (χ0v) is 27.8. The maximum atomic E-state index is 14.2. The first kappa shape index (κ1) is 32.4. The van der Waals surface area contributed by atoms with Crippen molar-refractivity contribution in [1.82, 2.24) is 0 Å². The van der Waals surface area contributed by atoms with E-state index in [1.54, 1.807) is 41.3 Å². The number of β-lactam (4-membered cyclic amide) rings is 1. The lowest BCUT2D eigenvalue weighted by atomic mass is 9.78. The highest BCUT2D eigenvalue weighted by Crippen LogP contribution is 2.48. The fourth-order valence-electron chi connectivity index (χ4n) is 6.98. The van der Waals surface area contributed by atoms with Crippen LogP contribution in [-0.2, 0) is 9.22 Å². The van der Waals surface area contributed by atoms with Crippen molar-refractivity contribution in [2.24, 2.45) is 5.92 Å². The van der Waals surface area contributed by atoms with Gasteiger partial charge in [0.1, 0.15) is 17.4 Å². The maximum absolute atomic E-state index is 14.2. The van der Waals surface area contributed by atoms with Gasteiger partial charge < -0.3 is 14.4 Å². The predicted octanol–water partition coefficient (Wildman–Crippen LogP) is 8.47. The van der Waals surface area contributed by atoms with E-state index in [-0.39, 0.29) is 40.3 Å². The van der Waals surface area contributed by atoms with Gasteiger partial charge in [-0.2, -0.15) is 0 Å². The highest BCUT2D eigenvalue weighted by molar-refractivity contribution is 6.99. The molecule has 1 heterocycles. The summed E-state index contributed by atoms with van der Waals surface area (Å²) < 4.78 is 35.6. The van der Waals surface area contributed by atoms with E-state index < -0.39 is 14.4 Å². The molecule has 7 heteroatoms. The Kier molecular flexibility index (Phi) is 9.13. The number of carbonyl (C=O) groups is 1. The van der Waals surface area contributed by atoms with E-state index in [2.05, 4.69) is 45.0 Å². The third-order valence-corrected chi connectivity index (χ3v) is 14.3. The lowest BCUT2D eigenvalue weighted by Gasteiger charge is -2.49. The van der Waals surface area contributed by atoms with Gasteiger partial charge in [0.05, 0.1) is 18.1 Å². The molecule has 4 nitrogen and oxygen atoms in total. The smallest absolute Gasteiger partial charge is 0.261 e. The van der Waals surface area contributed by atoms with E-state index in [9.17, 15) is 18.7 Å². The Balaban J connectivity index is 1.39. The fourth-order valence-corrected chi connectivity index (χ4v) is 11.7. The minimum Gasteiger partial charge on any atom is -0.508 e. The number of nitrogens with zero attached hydrogens (tertiary/aromatic N) is 1. The van der Waals surface area contributed by atoms with Crippen molar-refractivity contribution in [2.45, 2.75) is 50.8 Å². The number of halogens is 2. The Morgan fingerprint density at radius 3 is 1.77 bits per heavy atom. The molecule has 1 amide bonds. The van der Waals surface area contributed by atoms with Crippen LogP contribution in [0.4, 0.5) is 14.5 Å². The van der Waals surface area contributed by atoms with E-state index in [0.717, 1.165) is 21.5 Å². The largest absolute Gasteiger partial charge is 0.508 e. The molecule has 1 fully saturated rings. The number of hydrogen-bond donors (Lipinski definition) is 1. The normalized spacial score (nSPS) is 17.3. The molecule has 0 unspecified atom stereocenters. The van der Waals surface area contributed by atoms with Gasteiger partial charge in [-0.05, 0) is 87.9 Å². The standard InChI is InChI=1S/C40H39F2NO3Si/c1-40(2,3)47(34-10-6-4-7-11-34,35-12-8-5-9-13-35)46-37(28-14-18-30(41)19-15-28)27-26-36-38(29-16-24-33(44)25-17-29)43(39(36)45)32-22-20-31(42)21-23-32/h4-25,36-38,44H,26-27H2,1-3H3/t36-,37+,38-/m1/s1. The Morgan fingerprint density at radius 2 is 1.26 bits per heavy atom. The molecule has 47 heavy (non-hydrogen) atoms. The van der Waals surface area contributed by atoms with Gasteiger partial charge in [0.2, 0.25) is 5.91 Å². The first-order chi connectivity index (χ1) is 22.6. The molecule has 0 radical (unpaired) electrons. The van der Waals surface area contributed by atoms with Crippen LogP contribution >= 0.6 is 0 Å². The van der Waals surface area contributed by atoms with Crippen LogP contribution in [-0.4, -0.2) is 19.3 Å². The Bertz CT molecular complexity index is 1750. The second-order valence-electron chi connectivity index (χ2n) is 13.2. The van der Waals surface area contributed by atoms with Crippen LogP contribution in [0.3, 0.4) is 0 Å². The number of amides is 1. The highest BCUT2D eigenvalue weighted by atomic mass is 28.4. The molecule has 5 aromatic carbocycles. The first-order valence-corrected chi connectivity index (χ1v) is 17.9. The number of hydrogen-bond acceptors (Lipinski definition) is 3. The molecule has 1 aliphatic heterocycles. The van der Waals surface area contributed by atoms with Gasteiger partial charge in [0, 0.05) is 5.69 Å². The summed E-state index contributed by atoms with van der Waals surface area (Å²) in [4.78, 5) is 15.6. The molecule has 1 N–H and O–H groups in total. The van der Waals surface area contributed by atoms with Crippen molar-refractivity contribution in [1.29, 1.82) is 0 Å². The molecule has 0 aromatic heterocycles. The predicted molar refractivity (Wildman–Crippen MR) is 185 cm³/mol. The van der Waals surface area contributed by atoms with Crippen molar-refractivity contribution in [3.05, 3.63) is 156 Å². The van der Waals surface area contributed by atoms with Crippen molar-refractivity contribution in [3.63, 3.8) is 0 Å². The molecule has 0 saturated carbocycles. The monoisotopic (exact) mass is 647 g/mol. The summed E-state index contributed by atoms with van der Waals surface area (Å²) in [6.45, 7) is 6.66. The van der Waals surface area contributed by atoms with Crippen molar-refractivity contribution in [2.75, 3.05) is 4.90 Å². The molecular weight excluding hydrogens is 609 g/mol. The highest BCUT2D eigenvalue weighted by Gasteiger charge is 2.53. The summed E-state index contributed by atoms with van der Waals surface area (Å²) in [7, 11) is -3.00. The van der Waals surface area contributed by atoms with Gasteiger partial charge in [-0.1, -0.05) is 106 Å². The van der Waals surface area contributed by atoms with E-state index in [0.29, 0.717) is 18.5 Å². The van der Waals surface area contributed by atoms with Gasteiger partial charge >= 0.3 is 0 Å². The van der Waals surface area contributed by atoms with E-state index >= 15 is 0 Å². The van der Waals surface area contributed by atoms with E-state index in [4.69, 9.17) is 4.43 Å². The molecule has 1 aliphatic rings. The summed E-state index contributed by atoms with van der Waals surface area (Å²) in [5, 5.41) is 12.0. The zero-order valence-electron chi connectivity index (χ0n) is 26.8. The number of phenolic OH excluding ortho intramolecular Hbond substituents is 1. The number of carbonyl (C=O) groups excluding carboxylic acids is 1. The third-order valence-electron chi connectivity index (χ3n) is 9.27. The Morgan fingerprint density at radius 1 is 0.745 bits per heavy atom. The number of phenols is 1. The van der Waals surface area contributed by atoms with Gasteiger partial charge in [0.25, 0.3) is 8.32 Å². The summed E-state index contributed by atoms with van der Waals surface area (Å²) >= 11 is 0. The van der Waals surface area contributed by atoms with Gasteiger partial charge in [-0.15, -0.1) is 0 Å². The van der Waals surface area contributed by atoms with E-state index in [1.165, 1.54) is 24.3 Å². The van der Waals surface area contributed by atoms with Crippen LogP contribution < -0.4 is 15.3 Å². The number of rotatable bonds is 10. The summed E-state index contributed by atoms with van der Waals surface area (Å²) in [5.74, 6) is -0.996. The third kappa shape index (κ3) is 6.38. The van der Waals surface area contributed by atoms with Crippen LogP contribution in [0.25, 0.3) is 0 Å². The topological polar surface area (TPSA) is 49.8 Å². The number of benzene rings is 5. The molecular formula is C40H39F2NO3Si. The lowest BCUT2D eigenvalue weighted by molar-refractivity contribution is -0.131. The number of anilines is 1. The molecule has 0 bridgehead atoms.